The minimum Gasteiger partial charge on any atom is -0.478 e. The number of carbonyl (C=O) groups is 1. The Morgan fingerprint density at radius 1 is 0.515 bits per heavy atom. The summed E-state index contributed by atoms with van der Waals surface area (Å²) in [6.07, 6.45) is 0. The van der Waals surface area contributed by atoms with Gasteiger partial charge in [-0.1, -0.05) is 39.8 Å². The zero-order chi connectivity index (χ0) is 25.0. The molecule has 0 saturated heterocycles. The summed E-state index contributed by atoms with van der Waals surface area (Å²) >= 11 is 36.1. The van der Waals surface area contributed by atoms with Crippen molar-refractivity contribution in [2.24, 2.45) is 0 Å². The van der Waals surface area contributed by atoms with Crippen molar-refractivity contribution in [1.82, 2.24) is 0 Å². The Hall–Kier alpha value is 2.63. The molecule has 0 spiro atoms. The summed E-state index contributed by atoms with van der Waals surface area (Å²) < 4.78 is 9.63. The molecule has 0 unspecified atom stereocenters. The number of rotatable bonds is 4. The van der Waals surface area contributed by atoms with E-state index in [-0.39, 0.29) is 0 Å². The van der Waals surface area contributed by atoms with Gasteiger partial charge < -0.3 is 5.11 Å². The van der Waals surface area contributed by atoms with E-state index < -0.39 is 5.97 Å². The van der Waals surface area contributed by atoms with Gasteiger partial charge in [0, 0.05) is 54.5 Å². The Morgan fingerprint density at radius 2 is 0.788 bits per heavy atom. The van der Waals surface area contributed by atoms with Crippen LogP contribution in [0.1, 0.15) is 10.4 Å². The van der Waals surface area contributed by atoms with Gasteiger partial charge in [-0.05, 0) is 171 Å². The van der Waals surface area contributed by atoms with Crippen molar-refractivity contribution in [3.05, 3.63) is 80.6 Å². The number of hydrogen-bond acceptors (Lipinski definition) is 3. The average molecular weight is 1130 g/mol. The average Bonchev–Trinajstić information content (AvgIpc) is 2.81. The SMILES string of the molecule is Brc1c(Br)c(Br)c(SSc2c(Br)c(Br)c(Br)c(Br)c2Br)c(Br)c1Br.O=C(O)c1ccccc1. The highest BCUT2D eigenvalue weighted by molar-refractivity contribution is 9.16. The summed E-state index contributed by atoms with van der Waals surface area (Å²) in [5, 5.41) is 8.38. The first-order chi connectivity index (χ1) is 15.4. The Labute approximate surface area is 282 Å². The maximum Gasteiger partial charge on any atom is 0.335 e. The molecule has 3 rings (SSSR count). The third-order valence-corrected chi connectivity index (χ3v) is 19.3. The van der Waals surface area contributed by atoms with Gasteiger partial charge in [0.25, 0.3) is 0 Å². The predicted octanol–water partition coefficient (Wildman–Crippen LogP) is 13.5. The Kier molecular flexibility index (Phi) is 14.2. The number of aromatic carboxylic acids is 1. The molecule has 0 radical (unpaired) electrons. The molecule has 0 bridgehead atoms. The minimum atomic E-state index is -0.879. The molecule has 2 nitrogen and oxygen atoms in total. The molecule has 0 saturated carbocycles. The van der Waals surface area contributed by atoms with Gasteiger partial charge in [0.15, 0.2) is 0 Å². The summed E-state index contributed by atoms with van der Waals surface area (Å²) in [4.78, 5) is 12.3. The quantitative estimate of drug-likeness (QED) is 0.160. The van der Waals surface area contributed by atoms with E-state index in [4.69, 9.17) is 5.11 Å². The lowest BCUT2D eigenvalue weighted by molar-refractivity contribution is 0.0697. The van der Waals surface area contributed by atoms with Crippen molar-refractivity contribution >= 4 is 187 Å². The second-order valence-corrected chi connectivity index (χ2v) is 15.7. The lowest BCUT2D eigenvalue weighted by Crippen LogP contribution is -1.93. The van der Waals surface area contributed by atoms with E-state index >= 15 is 0 Å². The predicted molar refractivity (Wildman–Crippen MR) is 175 cm³/mol. The van der Waals surface area contributed by atoms with Gasteiger partial charge in [-0.3, -0.25) is 0 Å². The van der Waals surface area contributed by atoms with Crippen LogP contribution in [-0.4, -0.2) is 11.1 Å². The van der Waals surface area contributed by atoms with E-state index in [0.29, 0.717) is 5.56 Å². The molecule has 0 fully saturated rings. The van der Waals surface area contributed by atoms with E-state index in [2.05, 4.69) is 159 Å². The van der Waals surface area contributed by atoms with Crippen molar-refractivity contribution < 1.29 is 9.90 Å². The van der Waals surface area contributed by atoms with Crippen molar-refractivity contribution in [3.63, 3.8) is 0 Å². The maximum absolute atomic E-state index is 10.2. The fraction of sp³-hybridized carbons (Fsp3) is 0. The molecule has 1 N–H and O–H groups in total. The van der Waals surface area contributed by atoms with E-state index in [1.807, 2.05) is 0 Å². The topological polar surface area (TPSA) is 37.3 Å². The molecule has 3 aromatic rings. The van der Waals surface area contributed by atoms with Crippen LogP contribution in [0.3, 0.4) is 0 Å². The Balaban J connectivity index is 0.000000357. The Morgan fingerprint density at radius 3 is 1.03 bits per heavy atom. The van der Waals surface area contributed by atoms with Crippen molar-refractivity contribution in [2.45, 2.75) is 9.79 Å². The van der Waals surface area contributed by atoms with Crippen LogP contribution in [0.5, 0.6) is 0 Å². The second kappa shape index (κ2) is 14.7. The van der Waals surface area contributed by atoms with Crippen LogP contribution in [0.25, 0.3) is 0 Å². The molecule has 14 heteroatoms. The molecule has 33 heavy (non-hydrogen) atoms. The molecule has 0 aliphatic rings. The number of hydrogen-bond donors (Lipinski definition) is 1. The van der Waals surface area contributed by atoms with E-state index in [1.54, 1.807) is 51.9 Å². The zero-order valence-electron chi connectivity index (χ0n) is 15.3. The highest BCUT2D eigenvalue weighted by Gasteiger charge is 2.22. The van der Waals surface area contributed by atoms with Crippen LogP contribution in [-0.2, 0) is 0 Å². The summed E-state index contributed by atoms with van der Waals surface area (Å²) in [5.41, 5.74) is 0.331. The lowest BCUT2D eigenvalue weighted by atomic mass is 10.2. The number of carboxylic acid groups (broad SMARTS) is 1. The van der Waals surface area contributed by atoms with Crippen LogP contribution in [0.2, 0.25) is 0 Å². The van der Waals surface area contributed by atoms with Gasteiger partial charge in [0.2, 0.25) is 0 Å². The largest absolute Gasteiger partial charge is 0.478 e. The molecule has 0 heterocycles. The summed E-state index contributed by atoms with van der Waals surface area (Å²) in [5.74, 6) is -0.879. The monoisotopic (exact) mass is 1120 g/mol. The molecular formula is C19H6Br10O2S2. The molecule has 0 aliphatic carbocycles. The smallest absolute Gasteiger partial charge is 0.335 e. The molecule has 0 aliphatic heterocycles. The zero-order valence-corrected chi connectivity index (χ0v) is 32.8. The van der Waals surface area contributed by atoms with Crippen LogP contribution >= 0.6 is 181 Å². The minimum absolute atomic E-state index is 0.331. The first-order valence-electron chi connectivity index (χ1n) is 8.05. The first kappa shape index (κ1) is 31.8. The van der Waals surface area contributed by atoms with Crippen LogP contribution < -0.4 is 0 Å². The molecule has 3 aromatic carbocycles. The van der Waals surface area contributed by atoms with E-state index in [0.717, 1.165) is 54.5 Å². The summed E-state index contributed by atoms with van der Waals surface area (Å²) in [6.45, 7) is 0. The molecule has 176 valence electrons. The van der Waals surface area contributed by atoms with Gasteiger partial charge in [0.1, 0.15) is 0 Å². The van der Waals surface area contributed by atoms with Crippen LogP contribution in [0.15, 0.2) is 84.8 Å². The molecular weight excluding hydrogens is 1120 g/mol. The van der Waals surface area contributed by atoms with Crippen LogP contribution in [0, 0.1) is 0 Å². The number of carboxylic acids is 1. The lowest BCUT2D eigenvalue weighted by Gasteiger charge is -2.15. The Bertz CT molecular complexity index is 1080. The standard InChI is InChI=1S/C12Br10S2.C7H6O2/c13-1-3(15)7(19)11(8(20)4(1)16)23-24-12-9(21)5(17)2(14)6(18)10(12)22;8-7(9)6-4-2-1-3-5-6/h;1-5H,(H,8,9). The molecule has 0 atom stereocenters. The van der Waals surface area contributed by atoms with Crippen molar-refractivity contribution in [3.8, 4) is 0 Å². The van der Waals surface area contributed by atoms with E-state index in [1.165, 1.54) is 0 Å². The fourth-order valence-electron chi connectivity index (χ4n) is 1.98. The third-order valence-electron chi connectivity index (χ3n) is 3.57. The summed E-state index contributed by atoms with van der Waals surface area (Å²) in [7, 11) is 3.28. The summed E-state index contributed by atoms with van der Waals surface area (Å²) in [6, 6.07) is 8.30. The van der Waals surface area contributed by atoms with Gasteiger partial charge >= 0.3 is 5.97 Å². The molecule has 0 amide bonds. The van der Waals surface area contributed by atoms with Crippen molar-refractivity contribution in [2.75, 3.05) is 0 Å². The van der Waals surface area contributed by atoms with E-state index in [9.17, 15) is 4.79 Å². The fourth-order valence-corrected chi connectivity index (χ4v) is 13.2. The molecule has 0 aromatic heterocycles. The number of benzene rings is 3. The maximum atomic E-state index is 10.2. The van der Waals surface area contributed by atoms with Gasteiger partial charge in [0.05, 0.1) is 5.56 Å². The van der Waals surface area contributed by atoms with Gasteiger partial charge in [-0.15, -0.1) is 0 Å². The highest BCUT2D eigenvalue weighted by Crippen LogP contribution is 2.56. The second-order valence-electron chi connectivity index (χ2n) is 5.64. The van der Waals surface area contributed by atoms with Crippen LogP contribution in [0.4, 0.5) is 0 Å². The van der Waals surface area contributed by atoms with Crippen molar-refractivity contribution in [1.29, 1.82) is 0 Å². The number of halogens is 10. The third kappa shape index (κ3) is 8.06. The normalized spacial score (nSPS) is 10.6. The van der Waals surface area contributed by atoms with Gasteiger partial charge in [-0.25, -0.2) is 4.79 Å². The van der Waals surface area contributed by atoms with Gasteiger partial charge in [-0.2, -0.15) is 0 Å². The highest BCUT2D eigenvalue weighted by atomic mass is 79.9. The first-order valence-corrected chi connectivity index (χ1v) is 18.1.